The average molecular weight is 454 g/mol. The average Bonchev–Trinajstić information content (AvgIpc) is 3.49. The monoisotopic (exact) mass is 453 g/mol. The molecule has 2 amide bonds. The smallest absolute Gasteiger partial charge is 0.244 e. The number of nitrogens with zero attached hydrogens (tertiary/aromatic N) is 4. The molecule has 2 saturated heterocycles. The van der Waals surface area contributed by atoms with Crippen LogP contribution in [0.2, 0.25) is 0 Å². The second-order valence-electron chi connectivity index (χ2n) is 9.68. The van der Waals surface area contributed by atoms with Crippen LogP contribution in [-0.2, 0) is 9.59 Å². The number of benzene rings is 1. The molecule has 9 heteroatoms. The molecule has 2 aromatic rings. The second kappa shape index (κ2) is 8.78. The van der Waals surface area contributed by atoms with E-state index in [2.05, 4.69) is 20.4 Å². The van der Waals surface area contributed by atoms with Crippen LogP contribution in [0, 0.1) is 18.3 Å². The molecule has 1 spiro atoms. The normalized spacial score (nSPS) is 22.5. The number of anilines is 1. The van der Waals surface area contributed by atoms with E-state index in [1.807, 2.05) is 23.1 Å². The number of amides is 2. The fourth-order valence-corrected chi connectivity index (χ4v) is 5.24. The minimum Gasteiger partial charge on any atom is -0.497 e. The van der Waals surface area contributed by atoms with E-state index in [1.165, 1.54) is 0 Å². The number of nitrogens with one attached hydrogen (secondary N) is 1. The molecule has 1 aliphatic carbocycles. The number of piperidine rings is 1. The number of carbonyl (C=O) groups excluding carboxylic acids is 2. The Morgan fingerprint density at radius 1 is 1.27 bits per heavy atom. The summed E-state index contributed by atoms with van der Waals surface area (Å²) in [4.78, 5) is 34.1. The lowest BCUT2D eigenvalue weighted by molar-refractivity contribution is -0.134. The van der Waals surface area contributed by atoms with Gasteiger partial charge in [-0.25, -0.2) is 0 Å². The SMILES string of the molecule is COc1cccc(NC(=O)CN2CC3(CCN(C(=O)C4CC4)CC3)CC2c2nc(C)no2)c1. The zero-order valence-corrected chi connectivity index (χ0v) is 19.2. The molecule has 1 N–H and O–H groups in total. The summed E-state index contributed by atoms with van der Waals surface area (Å²) in [6.07, 6.45) is 4.79. The molecule has 176 valence electrons. The van der Waals surface area contributed by atoms with Gasteiger partial charge in [-0.15, -0.1) is 0 Å². The van der Waals surface area contributed by atoms with Crippen LogP contribution in [0.4, 0.5) is 5.69 Å². The number of rotatable bonds is 6. The molecular formula is C24H31N5O4. The number of methoxy groups -OCH3 is 1. The van der Waals surface area contributed by atoms with Gasteiger partial charge in [0.2, 0.25) is 17.7 Å². The van der Waals surface area contributed by atoms with Crippen molar-refractivity contribution in [3.63, 3.8) is 0 Å². The third kappa shape index (κ3) is 4.73. The predicted molar refractivity (Wildman–Crippen MR) is 121 cm³/mol. The zero-order valence-electron chi connectivity index (χ0n) is 19.2. The van der Waals surface area contributed by atoms with Gasteiger partial charge < -0.3 is 19.5 Å². The quantitative estimate of drug-likeness (QED) is 0.718. The van der Waals surface area contributed by atoms with E-state index in [0.29, 0.717) is 29.1 Å². The summed E-state index contributed by atoms with van der Waals surface area (Å²) in [6, 6.07) is 7.23. The highest BCUT2D eigenvalue weighted by Crippen LogP contribution is 2.49. The molecule has 3 aliphatic rings. The van der Waals surface area contributed by atoms with Gasteiger partial charge in [0.1, 0.15) is 5.75 Å². The lowest BCUT2D eigenvalue weighted by Gasteiger charge is -2.39. The number of aryl methyl sites for hydroxylation is 1. The van der Waals surface area contributed by atoms with E-state index in [9.17, 15) is 9.59 Å². The molecule has 1 unspecified atom stereocenters. The molecule has 0 radical (unpaired) electrons. The van der Waals surface area contributed by atoms with Crippen molar-refractivity contribution in [3.8, 4) is 5.75 Å². The van der Waals surface area contributed by atoms with Crippen molar-refractivity contribution in [3.05, 3.63) is 36.0 Å². The van der Waals surface area contributed by atoms with E-state index in [4.69, 9.17) is 9.26 Å². The Bertz CT molecular complexity index is 1030. The molecule has 5 rings (SSSR count). The Hall–Kier alpha value is -2.94. The summed E-state index contributed by atoms with van der Waals surface area (Å²) < 4.78 is 10.8. The summed E-state index contributed by atoms with van der Waals surface area (Å²) in [5.41, 5.74) is 0.745. The molecule has 33 heavy (non-hydrogen) atoms. The van der Waals surface area contributed by atoms with Crippen LogP contribution in [-0.4, -0.2) is 65.0 Å². The van der Waals surface area contributed by atoms with Gasteiger partial charge in [0, 0.05) is 37.3 Å². The van der Waals surface area contributed by atoms with Crippen LogP contribution in [0.3, 0.4) is 0 Å². The Balaban J connectivity index is 1.28. The minimum absolute atomic E-state index is 0.0453. The maximum absolute atomic E-state index is 12.9. The first-order valence-corrected chi connectivity index (χ1v) is 11.7. The molecule has 1 aromatic heterocycles. The standard InChI is InChI=1S/C24H31N5O4/c1-16-25-22(33-27-16)20-13-24(8-10-28(11-9-24)23(31)17-6-7-17)15-29(20)14-21(30)26-18-4-3-5-19(12-18)32-2/h3-5,12,17,20H,6-11,13-15H2,1-2H3,(H,26,30). The predicted octanol–water partition coefficient (Wildman–Crippen LogP) is 2.79. The van der Waals surface area contributed by atoms with Crippen LogP contribution in [0.1, 0.15) is 49.9 Å². The van der Waals surface area contributed by atoms with Gasteiger partial charge in [-0.1, -0.05) is 11.2 Å². The number of hydrogen-bond acceptors (Lipinski definition) is 7. The number of aromatic nitrogens is 2. The lowest BCUT2D eigenvalue weighted by atomic mass is 9.76. The number of hydrogen-bond donors (Lipinski definition) is 1. The lowest BCUT2D eigenvalue weighted by Crippen LogP contribution is -2.45. The molecule has 9 nitrogen and oxygen atoms in total. The van der Waals surface area contributed by atoms with Crippen molar-refractivity contribution in [2.45, 2.75) is 45.1 Å². The van der Waals surface area contributed by atoms with Crippen LogP contribution in [0.25, 0.3) is 0 Å². The first-order valence-electron chi connectivity index (χ1n) is 11.7. The Morgan fingerprint density at radius 2 is 2.06 bits per heavy atom. The molecular weight excluding hydrogens is 422 g/mol. The number of likely N-dealkylation sites (tertiary alicyclic amines) is 2. The Labute approximate surface area is 193 Å². The molecule has 1 aromatic carbocycles. The minimum atomic E-state index is -0.104. The summed E-state index contributed by atoms with van der Waals surface area (Å²) in [6.45, 7) is 4.38. The molecule has 2 aliphatic heterocycles. The third-order valence-corrected chi connectivity index (χ3v) is 7.20. The Kier molecular flexibility index (Phi) is 5.82. The first-order chi connectivity index (χ1) is 15.9. The molecule has 1 saturated carbocycles. The number of ether oxygens (including phenoxy) is 1. The van der Waals surface area contributed by atoms with Gasteiger partial charge in [0.05, 0.1) is 19.7 Å². The number of carbonyl (C=O) groups is 2. The molecule has 3 heterocycles. The van der Waals surface area contributed by atoms with Crippen molar-refractivity contribution in [2.24, 2.45) is 11.3 Å². The van der Waals surface area contributed by atoms with E-state index in [1.54, 1.807) is 20.1 Å². The van der Waals surface area contributed by atoms with Gasteiger partial charge in [0.25, 0.3) is 0 Å². The molecule has 1 atom stereocenters. The van der Waals surface area contributed by atoms with Gasteiger partial charge in [0.15, 0.2) is 5.82 Å². The molecule has 3 fully saturated rings. The van der Waals surface area contributed by atoms with E-state index >= 15 is 0 Å². The van der Waals surface area contributed by atoms with E-state index in [0.717, 1.165) is 51.7 Å². The van der Waals surface area contributed by atoms with Gasteiger partial charge in [-0.2, -0.15) is 4.98 Å². The van der Waals surface area contributed by atoms with Crippen molar-refractivity contribution in [1.82, 2.24) is 19.9 Å². The Morgan fingerprint density at radius 3 is 2.73 bits per heavy atom. The zero-order chi connectivity index (χ0) is 23.0. The van der Waals surface area contributed by atoms with Crippen molar-refractivity contribution >= 4 is 17.5 Å². The highest BCUT2D eigenvalue weighted by molar-refractivity contribution is 5.92. The van der Waals surface area contributed by atoms with Crippen LogP contribution < -0.4 is 10.1 Å². The van der Waals surface area contributed by atoms with E-state index < -0.39 is 0 Å². The topological polar surface area (TPSA) is 101 Å². The van der Waals surface area contributed by atoms with Gasteiger partial charge >= 0.3 is 0 Å². The second-order valence-corrected chi connectivity index (χ2v) is 9.68. The van der Waals surface area contributed by atoms with Crippen molar-refractivity contribution < 1.29 is 18.8 Å². The van der Waals surface area contributed by atoms with E-state index in [-0.39, 0.29) is 29.8 Å². The van der Waals surface area contributed by atoms with Crippen LogP contribution in [0.15, 0.2) is 28.8 Å². The van der Waals surface area contributed by atoms with Gasteiger partial charge in [-0.3, -0.25) is 14.5 Å². The summed E-state index contributed by atoms with van der Waals surface area (Å²) >= 11 is 0. The van der Waals surface area contributed by atoms with Crippen LogP contribution in [0.5, 0.6) is 5.75 Å². The van der Waals surface area contributed by atoms with Crippen molar-refractivity contribution in [2.75, 3.05) is 38.6 Å². The highest BCUT2D eigenvalue weighted by atomic mass is 16.5. The first kappa shape index (κ1) is 21.9. The van der Waals surface area contributed by atoms with Crippen LogP contribution >= 0.6 is 0 Å². The summed E-state index contributed by atoms with van der Waals surface area (Å²) in [5, 5.41) is 6.95. The fraction of sp³-hybridized carbons (Fsp3) is 0.583. The van der Waals surface area contributed by atoms with Crippen molar-refractivity contribution in [1.29, 1.82) is 0 Å². The molecule has 0 bridgehead atoms. The maximum Gasteiger partial charge on any atom is 0.244 e. The van der Waals surface area contributed by atoms with Gasteiger partial charge in [-0.05, 0) is 56.6 Å². The highest BCUT2D eigenvalue weighted by Gasteiger charge is 2.49. The maximum atomic E-state index is 12.9. The largest absolute Gasteiger partial charge is 0.497 e. The summed E-state index contributed by atoms with van der Waals surface area (Å²) in [7, 11) is 1.60. The summed E-state index contributed by atoms with van der Waals surface area (Å²) in [5.74, 6) is 2.34. The third-order valence-electron chi connectivity index (χ3n) is 7.20. The fourth-order valence-electron chi connectivity index (χ4n) is 5.24.